The SMILES string of the molecule is C[C@H](N)c1cccnc1N1CCCC(CCO)C1. The molecule has 0 saturated carbocycles. The summed E-state index contributed by atoms with van der Waals surface area (Å²) in [5.74, 6) is 1.60. The number of piperidine rings is 1. The molecular formula is C14H23N3O. The van der Waals surface area contributed by atoms with E-state index in [4.69, 9.17) is 10.8 Å². The van der Waals surface area contributed by atoms with Gasteiger partial charge in [0.15, 0.2) is 0 Å². The van der Waals surface area contributed by atoms with E-state index in [2.05, 4.69) is 16.0 Å². The number of nitrogens with two attached hydrogens (primary N) is 1. The lowest BCUT2D eigenvalue weighted by molar-refractivity contribution is 0.244. The molecule has 0 amide bonds. The summed E-state index contributed by atoms with van der Waals surface area (Å²) >= 11 is 0. The molecule has 1 saturated heterocycles. The first kappa shape index (κ1) is 13.3. The van der Waals surface area contributed by atoms with Gasteiger partial charge in [0.25, 0.3) is 0 Å². The Labute approximate surface area is 109 Å². The fraction of sp³-hybridized carbons (Fsp3) is 0.643. The van der Waals surface area contributed by atoms with Crippen LogP contribution in [0.2, 0.25) is 0 Å². The molecule has 0 aliphatic carbocycles. The number of aliphatic hydroxyl groups excluding tert-OH is 1. The predicted molar refractivity (Wildman–Crippen MR) is 73.5 cm³/mol. The highest BCUT2D eigenvalue weighted by atomic mass is 16.3. The van der Waals surface area contributed by atoms with Crippen LogP contribution in [0.3, 0.4) is 0 Å². The smallest absolute Gasteiger partial charge is 0.133 e. The second-order valence-corrected chi connectivity index (χ2v) is 5.17. The van der Waals surface area contributed by atoms with Crippen molar-refractivity contribution in [3.8, 4) is 0 Å². The van der Waals surface area contributed by atoms with Crippen LogP contribution in [0.5, 0.6) is 0 Å². The average Bonchev–Trinajstić information content (AvgIpc) is 2.39. The minimum absolute atomic E-state index is 0.00641. The van der Waals surface area contributed by atoms with Gasteiger partial charge in [0, 0.05) is 37.5 Å². The summed E-state index contributed by atoms with van der Waals surface area (Å²) in [5.41, 5.74) is 7.12. The van der Waals surface area contributed by atoms with E-state index in [0.29, 0.717) is 5.92 Å². The normalized spacial score (nSPS) is 21.9. The van der Waals surface area contributed by atoms with E-state index in [1.165, 1.54) is 12.8 Å². The molecular weight excluding hydrogens is 226 g/mol. The summed E-state index contributed by atoms with van der Waals surface area (Å²) in [6.45, 7) is 4.30. The fourth-order valence-corrected chi connectivity index (χ4v) is 2.70. The molecule has 2 rings (SSSR count). The van der Waals surface area contributed by atoms with E-state index >= 15 is 0 Å². The molecule has 2 heterocycles. The van der Waals surface area contributed by atoms with Gasteiger partial charge in [0.05, 0.1) is 0 Å². The van der Waals surface area contributed by atoms with E-state index in [9.17, 15) is 0 Å². The second-order valence-electron chi connectivity index (χ2n) is 5.17. The zero-order chi connectivity index (χ0) is 13.0. The quantitative estimate of drug-likeness (QED) is 0.852. The molecule has 0 spiro atoms. The lowest BCUT2D eigenvalue weighted by atomic mass is 9.94. The standard InChI is InChI=1S/C14H23N3O/c1-11(15)13-5-2-7-16-14(13)17-8-3-4-12(10-17)6-9-18/h2,5,7,11-12,18H,3-4,6,8-10,15H2,1H3/t11-,12?/m0/s1. The van der Waals surface area contributed by atoms with E-state index in [1.807, 2.05) is 19.2 Å². The van der Waals surface area contributed by atoms with Crippen LogP contribution in [0.1, 0.15) is 37.8 Å². The summed E-state index contributed by atoms with van der Waals surface area (Å²) in [6, 6.07) is 4.01. The Hall–Kier alpha value is -1.13. The van der Waals surface area contributed by atoms with Gasteiger partial charge >= 0.3 is 0 Å². The molecule has 1 aliphatic rings. The Morgan fingerprint density at radius 1 is 1.61 bits per heavy atom. The van der Waals surface area contributed by atoms with Crippen LogP contribution in [-0.2, 0) is 0 Å². The van der Waals surface area contributed by atoms with Gasteiger partial charge in [-0.05, 0) is 38.2 Å². The van der Waals surface area contributed by atoms with Crippen LogP contribution in [0.15, 0.2) is 18.3 Å². The monoisotopic (exact) mass is 249 g/mol. The van der Waals surface area contributed by atoms with Crippen LogP contribution in [0.4, 0.5) is 5.82 Å². The molecule has 18 heavy (non-hydrogen) atoms. The number of nitrogens with zero attached hydrogens (tertiary/aromatic N) is 2. The Morgan fingerprint density at radius 2 is 2.44 bits per heavy atom. The van der Waals surface area contributed by atoms with E-state index in [-0.39, 0.29) is 12.6 Å². The van der Waals surface area contributed by atoms with Crippen molar-refractivity contribution in [2.24, 2.45) is 11.7 Å². The predicted octanol–water partition coefficient (Wildman–Crippen LogP) is 1.70. The molecule has 0 bridgehead atoms. The number of hydrogen-bond acceptors (Lipinski definition) is 4. The Balaban J connectivity index is 2.15. The zero-order valence-electron chi connectivity index (χ0n) is 11.0. The Kier molecular flexibility index (Phi) is 4.55. The molecule has 2 atom stereocenters. The molecule has 1 aromatic heterocycles. The molecule has 1 aromatic rings. The third-order valence-electron chi connectivity index (χ3n) is 3.66. The van der Waals surface area contributed by atoms with E-state index < -0.39 is 0 Å². The number of hydrogen-bond donors (Lipinski definition) is 2. The summed E-state index contributed by atoms with van der Waals surface area (Å²) in [5, 5.41) is 9.06. The fourth-order valence-electron chi connectivity index (χ4n) is 2.70. The van der Waals surface area contributed by atoms with E-state index in [1.54, 1.807) is 0 Å². The molecule has 4 nitrogen and oxygen atoms in total. The van der Waals surface area contributed by atoms with Gasteiger partial charge in [-0.25, -0.2) is 4.98 Å². The van der Waals surface area contributed by atoms with Gasteiger partial charge in [-0.2, -0.15) is 0 Å². The first-order valence-corrected chi connectivity index (χ1v) is 6.78. The number of rotatable bonds is 4. The summed E-state index contributed by atoms with van der Waals surface area (Å²) in [4.78, 5) is 6.82. The van der Waals surface area contributed by atoms with Crippen molar-refractivity contribution < 1.29 is 5.11 Å². The molecule has 1 aliphatic heterocycles. The third-order valence-corrected chi connectivity index (χ3v) is 3.66. The number of aliphatic hydroxyl groups is 1. The van der Waals surface area contributed by atoms with Crippen molar-refractivity contribution in [2.45, 2.75) is 32.2 Å². The molecule has 0 aromatic carbocycles. The first-order chi connectivity index (χ1) is 8.72. The van der Waals surface area contributed by atoms with Crippen molar-refractivity contribution in [1.29, 1.82) is 0 Å². The van der Waals surface area contributed by atoms with Gasteiger partial charge < -0.3 is 15.7 Å². The Bertz CT molecular complexity index is 379. The number of anilines is 1. The molecule has 1 unspecified atom stereocenters. The second kappa shape index (κ2) is 6.16. The summed E-state index contributed by atoms with van der Waals surface area (Å²) in [7, 11) is 0. The number of pyridine rings is 1. The van der Waals surface area contributed by atoms with Gasteiger partial charge in [0.1, 0.15) is 5.82 Å². The van der Waals surface area contributed by atoms with Gasteiger partial charge in [-0.1, -0.05) is 6.07 Å². The third kappa shape index (κ3) is 3.00. The minimum atomic E-state index is 0.00641. The van der Waals surface area contributed by atoms with Crippen molar-refractivity contribution >= 4 is 5.82 Å². The lowest BCUT2D eigenvalue weighted by Crippen LogP contribution is -2.37. The molecule has 100 valence electrons. The first-order valence-electron chi connectivity index (χ1n) is 6.78. The Morgan fingerprint density at radius 3 is 3.17 bits per heavy atom. The van der Waals surface area contributed by atoms with Crippen LogP contribution in [0, 0.1) is 5.92 Å². The van der Waals surface area contributed by atoms with Crippen molar-refractivity contribution in [3.63, 3.8) is 0 Å². The van der Waals surface area contributed by atoms with Crippen LogP contribution < -0.4 is 10.6 Å². The van der Waals surface area contributed by atoms with Crippen molar-refractivity contribution in [1.82, 2.24) is 4.98 Å². The van der Waals surface area contributed by atoms with Crippen LogP contribution >= 0.6 is 0 Å². The minimum Gasteiger partial charge on any atom is -0.396 e. The zero-order valence-corrected chi connectivity index (χ0v) is 11.0. The summed E-state index contributed by atoms with van der Waals surface area (Å²) in [6.07, 6.45) is 5.09. The summed E-state index contributed by atoms with van der Waals surface area (Å²) < 4.78 is 0. The van der Waals surface area contributed by atoms with Gasteiger partial charge in [-0.3, -0.25) is 0 Å². The molecule has 4 heteroatoms. The maximum atomic E-state index is 9.06. The highest BCUT2D eigenvalue weighted by Crippen LogP contribution is 2.28. The molecule has 0 radical (unpaired) electrons. The maximum absolute atomic E-state index is 9.06. The van der Waals surface area contributed by atoms with Crippen LogP contribution in [0.25, 0.3) is 0 Å². The van der Waals surface area contributed by atoms with Crippen LogP contribution in [-0.4, -0.2) is 29.8 Å². The van der Waals surface area contributed by atoms with Gasteiger partial charge in [-0.15, -0.1) is 0 Å². The van der Waals surface area contributed by atoms with Crippen molar-refractivity contribution in [3.05, 3.63) is 23.9 Å². The average molecular weight is 249 g/mol. The van der Waals surface area contributed by atoms with Crippen molar-refractivity contribution in [2.75, 3.05) is 24.6 Å². The maximum Gasteiger partial charge on any atom is 0.133 e. The van der Waals surface area contributed by atoms with Gasteiger partial charge in [0.2, 0.25) is 0 Å². The lowest BCUT2D eigenvalue weighted by Gasteiger charge is -2.34. The topological polar surface area (TPSA) is 62.4 Å². The number of aromatic nitrogens is 1. The highest BCUT2D eigenvalue weighted by Gasteiger charge is 2.22. The highest BCUT2D eigenvalue weighted by molar-refractivity contribution is 5.48. The molecule has 1 fully saturated rings. The molecule has 3 N–H and O–H groups in total. The largest absolute Gasteiger partial charge is 0.396 e. The van der Waals surface area contributed by atoms with E-state index in [0.717, 1.165) is 30.9 Å².